The highest BCUT2D eigenvalue weighted by atomic mass is 16.5. The van der Waals surface area contributed by atoms with Crippen LogP contribution < -0.4 is 5.73 Å². The largest absolute Gasteiger partial charge is 0.383 e. The molecule has 4 heteroatoms. The highest BCUT2D eigenvalue weighted by molar-refractivity contribution is 5.50. The Morgan fingerprint density at radius 1 is 1.29 bits per heavy atom. The van der Waals surface area contributed by atoms with Gasteiger partial charge in [0.25, 0.3) is 0 Å². The van der Waals surface area contributed by atoms with E-state index in [1.165, 1.54) is 5.56 Å². The molecule has 88 valence electrons. The van der Waals surface area contributed by atoms with Crippen LogP contribution in [0.1, 0.15) is 16.8 Å². The van der Waals surface area contributed by atoms with Gasteiger partial charge < -0.3 is 10.5 Å². The number of aromatic nitrogens is 2. The zero-order chi connectivity index (χ0) is 11.8. The molecule has 0 radical (unpaired) electrons. The minimum atomic E-state index is 0.568. The lowest BCUT2D eigenvalue weighted by Gasteiger charge is -2.10. The lowest BCUT2D eigenvalue weighted by molar-refractivity contribution is 0.108. The topological polar surface area (TPSA) is 53.1 Å². The molecule has 0 saturated carbocycles. The Balaban J connectivity index is 2.09. The minimum absolute atomic E-state index is 0.568. The number of nitrogen functional groups attached to an aromatic ring is 1. The van der Waals surface area contributed by atoms with E-state index in [2.05, 4.69) is 24.2 Å². The summed E-state index contributed by atoms with van der Waals surface area (Å²) in [5.41, 5.74) is 10.5. The third kappa shape index (κ3) is 1.70. The number of nitrogens with two attached hydrogens (primary N) is 1. The van der Waals surface area contributed by atoms with Gasteiger partial charge in [-0.25, -0.2) is 4.68 Å². The Bertz CT molecular complexity index is 543. The van der Waals surface area contributed by atoms with Crippen molar-refractivity contribution in [1.29, 1.82) is 0 Å². The van der Waals surface area contributed by atoms with Crippen molar-refractivity contribution in [1.82, 2.24) is 9.78 Å². The van der Waals surface area contributed by atoms with Crippen LogP contribution in [0.2, 0.25) is 0 Å². The van der Waals surface area contributed by atoms with Crippen molar-refractivity contribution in [3.63, 3.8) is 0 Å². The molecule has 0 fully saturated rings. The molecule has 0 bridgehead atoms. The van der Waals surface area contributed by atoms with Crippen LogP contribution >= 0.6 is 0 Å². The molecule has 3 rings (SSSR count). The summed E-state index contributed by atoms with van der Waals surface area (Å²) in [7, 11) is 0. The zero-order valence-corrected chi connectivity index (χ0v) is 9.81. The average molecular weight is 229 g/mol. The second-order valence-electron chi connectivity index (χ2n) is 4.36. The van der Waals surface area contributed by atoms with Crippen molar-refractivity contribution in [2.75, 3.05) is 12.3 Å². The lowest BCUT2D eigenvalue weighted by Crippen LogP contribution is -2.09. The van der Waals surface area contributed by atoms with Gasteiger partial charge in [-0.3, -0.25) is 0 Å². The molecule has 1 aliphatic heterocycles. The first-order valence-corrected chi connectivity index (χ1v) is 5.77. The fourth-order valence-electron chi connectivity index (χ4n) is 2.12. The van der Waals surface area contributed by atoms with Gasteiger partial charge in [0.05, 0.1) is 24.6 Å². The van der Waals surface area contributed by atoms with Crippen molar-refractivity contribution >= 4 is 5.82 Å². The minimum Gasteiger partial charge on any atom is -0.383 e. The van der Waals surface area contributed by atoms with E-state index in [1.54, 1.807) is 4.68 Å². The second-order valence-corrected chi connectivity index (χ2v) is 4.36. The number of benzene rings is 1. The zero-order valence-electron chi connectivity index (χ0n) is 9.81. The van der Waals surface area contributed by atoms with E-state index in [9.17, 15) is 0 Å². The van der Waals surface area contributed by atoms with E-state index in [-0.39, 0.29) is 0 Å². The fraction of sp³-hybridized carbons (Fsp3) is 0.308. The summed E-state index contributed by atoms with van der Waals surface area (Å²) < 4.78 is 7.19. The molecular formula is C13H15N3O. The third-order valence-corrected chi connectivity index (χ3v) is 3.12. The SMILES string of the molecule is Cc1ccc(-n2nc3c(c2N)CCOC3)cc1. The number of anilines is 1. The molecule has 1 aromatic heterocycles. The van der Waals surface area contributed by atoms with Crippen LogP contribution in [-0.4, -0.2) is 16.4 Å². The van der Waals surface area contributed by atoms with Gasteiger partial charge in [-0.1, -0.05) is 17.7 Å². The molecule has 2 N–H and O–H groups in total. The highest BCUT2D eigenvalue weighted by Crippen LogP contribution is 2.25. The number of fused-ring (bicyclic) bond motifs is 1. The molecule has 0 atom stereocenters. The molecule has 0 spiro atoms. The van der Waals surface area contributed by atoms with Crippen molar-refractivity contribution in [2.24, 2.45) is 0 Å². The monoisotopic (exact) mass is 229 g/mol. The smallest absolute Gasteiger partial charge is 0.130 e. The first-order chi connectivity index (χ1) is 8.25. The summed E-state index contributed by atoms with van der Waals surface area (Å²) in [4.78, 5) is 0. The number of hydrogen-bond donors (Lipinski definition) is 1. The highest BCUT2D eigenvalue weighted by Gasteiger charge is 2.19. The summed E-state index contributed by atoms with van der Waals surface area (Å²) in [6, 6.07) is 8.19. The van der Waals surface area contributed by atoms with Gasteiger partial charge >= 0.3 is 0 Å². The maximum Gasteiger partial charge on any atom is 0.130 e. The summed E-state index contributed by atoms with van der Waals surface area (Å²) in [5.74, 6) is 0.743. The molecule has 2 heterocycles. The van der Waals surface area contributed by atoms with E-state index in [0.29, 0.717) is 6.61 Å². The van der Waals surface area contributed by atoms with E-state index in [1.807, 2.05) is 12.1 Å². The Morgan fingerprint density at radius 3 is 2.76 bits per heavy atom. The third-order valence-electron chi connectivity index (χ3n) is 3.12. The second kappa shape index (κ2) is 3.89. The predicted molar refractivity (Wildman–Crippen MR) is 66.1 cm³/mol. The fourth-order valence-corrected chi connectivity index (χ4v) is 2.12. The molecule has 0 saturated heterocycles. The van der Waals surface area contributed by atoms with Gasteiger partial charge in [-0.15, -0.1) is 0 Å². The van der Waals surface area contributed by atoms with Crippen LogP contribution in [0.5, 0.6) is 0 Å². The van der Waals surface area contributed by atoms with E-state index in [0.717, 1.165) is 35.8 Å². The number of nitrogens with zero attached hydrogens (tertiary/aromatic N) is 2. The van der Waals surface area contributed by atoms with Gasteiger partial charge in [0, 0.05) is 12.0 Å². The summed E-state index contributed by atoms with van der Waals surface area (Å²) in [6.45, 7) is 3.37. The van der Waals surface area contributed by atoms with Gasteiger partial charge in [0.1, 0.15) is 5.82 Å². The maximum absolute atomic E-state index is 6.14. The lowest BCUT2D eigenvalue weighted by atomic mass is 10.1. The summed E-state index contributed by atoms with van der Waals surface area (Å²) in [5, 5.41) is 4.52. The Kier molecular flexibility index (Phi) is 2.37. The van der Waals surface area contributed by atoms with Gasteiger partial charge in [-0.05, 0) is 19.1 Å². The van der Waals surface area contributed by atoms with Gasteiger partial charge in [0.2, 0.25) is 0 Å². The molecule has 0 aliphatic carbocycles. The number of aryl methyl sites for hydroxylation is 1. The van der Waals surface area contributed by atoms with Crippen molar-refractivity contribution < 1.29 is 4.74 Å². The van der Waals surface area contributed by atoms with Crippen LogP contribution in [0.3, 0.4) is 0 Å². The van der Waals surface area contributed by atoms with Crippen LogP contribution in [0.4, 0.5) is 5.82 Å². The van der Waals surface area contributed by atoms with Crippen LogP contribution in [-0.2, 0) is 17.8 Å². The normalized spacial score (nSPS) is 14.6. The Hall–Kier alpha value is -1.81. The van der Waals surface area contributed by atoms with E-state index < -0.39 is 0 Å². The maximum atomic E-state index is 6.14. The van der Waals surface area contributed by atoms with Crippen molar-refractivity contribution in [3.05, 3.63) is 41.1 Å². The Labute approximate surface area is 100 Å². The molecule has 0 amide bonds. The van der Waals surface area contributed by atoms with Crippen molar-refractivity contribution in [2.45, 2.75) is 20.0 Å². The first kappa shape index (κ1) is 10.4. The average Bonchev–Trinajstić information content (AvgIpc) is 2.69. The quantitative estimate of drug-likeness (QED) is 0.811. The van der Waals surface area contributed by atoms with Crippen LogP contribution in [0.25, 0.3) is 5.69 Å². The number of ether oxygens (including phenoxy) is 1. The molecule has 1 aromatic carbocycles. The summed E-state index contributed by atoms with van der Waals surface area (Å²) in [6.07, 6.45) is 0.854. The van der Waals surface area contributed by atoms with Crippen molar-refractivity contribution in [3.8, 4) is 5.69 Å². The molecule has 2 aromatic rings. The molecule has 17 heavy (non-hydrogen) atoms. The number of rotatable bonds is 1. The van der Waals surface area contributed by atoms with Crippen LogP contribution in [0, 0.1) is 6.92 Å². The van der Waals surface area contributed by atoms with E-state index in [4.69, 9.17) is 10.5 Å². The van der Waals surface area contributed by atoms with Gasteiger partial charge in [0.15, 0.2) is 0 Å². The first-order valence-electron chi connectivity index (χ1n) is 5.77. The van der Waals surface area contributed by atoms with Crippen LogP contribution in [0.15, 0.2) is 24.3 Å². The summed E-state index contributed by atoms with van der Waals surface area (Å²) >= 11 is 0. The van der Waals surface area contributed by atoms with Gasteiger partial charge in [-0.2, -0.15) is 5.10 Å². The standard InChI is InChI=1S/C13H15N3O/c1-9-2-4-10(5-3-9)16-13(14)11-6-7-17-8-12(11)15-16/h2-5H,6-8,14H2,1H3. The molecular weight excluding hydrogens is 214 g/mol. The van der Waals surface area contributed by atoms with E-state index >= 15 is 0 Å². The number of hydrogen-bond acceptors (Lipinski definition) is 3. The predicted octanol–water partition coefficient (Wildman–Crippen LogP) is 1.84. The Morgan fingerprint density at radius 2 is 2.06 bits per heavy atom. The molecule has 0 unspecified atom stereocenters. The molecule has 1 aliphatic rings. The molecule has 4 nitrogen and oxygen atoms in total.